The summed E-state index contributed by atoms with van der Waals surface area (Å²) >= 11 is 0. The lowest BCUT2D eigenvalue weighted by molar-refractivity contribution is -0.157. The van der Waals surface area contributed by atoms with Crippen LogP contribution in [0.3, 0.4) is 0 Å². The Morgan fingerprint density at radius 3 is 2.15 bits per heavy atom. The molecule has 0 saturated heterocycles. The molecule has 2 aromatic carbocycles. The Balaban J connectivity index is 1.36. The first-order valence-corrected chi connectivity index (χ1v) is 17.0. The third-order valence-corrected chi connectivity index (χ3v) is 11.8. The molecule has 244 valence electrons. The van der Waals surface area contributed by atoms with Crippen LogP contribution in [0.1, 0.15) is 119 Å². The van der Waals surface area contributed by atoms with Crippen LogP contribution in [0, 0.1) is 22.7 Å². The van der Waals surface area contributed by atoms with Crippen LogP contribution in [-0.2, 0) is 28.9 Å². The van der Waals surface area contributed by atoms with Crippen LogP contribution >= 0.6 is 0 Å². The molecule has 1 fully saturated rings. The van der Waals surface area contributed by atoms with E-state index in [4.69, 9.17) is 0 Å². The van der Waals surface area contributed by atoms with E-state index in [1.54, 1.807) is 13.8 Å². The molecule has 0 radical (unpaired) electrons. The number of phenolic OH excluding ortho intramolecular Hbond substituents is 1. The van der Waals surface area contributed by atoms with Crippen LogP contribution in [0.4, 0.5) is 0 Å². The van der Waals surface area contributed by atoms with Gasteiger partial charge in [-0.05, 0) is 112 Å². The quantitative estimate of drug-likeness (QED) is 0.284. The standard InChI is InChI=1S/C40H48O6/c1-22(2)29-18-28(17-27-14-12-26(13-15-27)16-25-10-8-7-9-11-25)34(42)32-30(29)20-38(5)21-39(6)19-23(3)31(24(4)41)36(44)40(39,46)37(45)33(38)35(32)43/h7-11,18,22,26-27,42,45-46H,12-17,19-21H2,1-6H3/t26?,27?,38-,39+,40+/m1/s1. The van der Waals surface area contributed by atoms with Gasteiger partial charge in [0.05, 0.1) is 11.1 Å². The number of Topliss-reactive ketones (excluding diaryl/α,β-unsaturated/α-hetero) is 3. The lowest BCUT2D eigenvalue weighted by Gasteiger charge is -2.56. The van der Waals surface area contributed by atoms with Crippen LogP contribution in [0.2, 0.25) is 0 Å². The summed E-state index contributed by atoms with van der Waals surface area (Å²) in [5, 5.41) is 35.7. The Bertz CT molecular complexity index is 1690. The van der Waals surface area contributed by atoms with E-state index in [1.807, 2.05) is 13.0 Å². The van der Waals surface area contributed by atoms with Gasteiger partial charge in [0.2, 0.25) is 5.78 Å². The number of hydrogen-bond donors (Lipinski definition) is 3. The van der Waals surface area contributed by atoms with Crippen molar-refractivity contribution in [1.29, 1.82) is 0 Å². The molecule has 0 unspecified atom stereocenters. The second kappa shape index (κ2) is 11.3. The molecule has 1 saturated carbocycles. The molecule has 4 aliphatic rings. The van der Waals surface area contributed by atoms with Gasteiger partial charge in [-0.3, -0.25) is 14.4 Å². The lowest BCUT2D eigenvalue weighted by atomic mass is 9.47. The highest BCUT2D eigenvalue weighted by Gasteiger charge is 2.67. The van der Waals surface area contributed by atoms with Gasteiger partial charge in [-0.1, -0.05) is 69.7 Å². The largest absolute Gasteiger partial charge is 0.508 e. The van der Waals surface area contributed by atoms with Crippen molar-refractivity contribution in [3.63, 3.8) is 0 Å². The fraction of sp³-hybridized carbons (Fsp3) is 0.525. The molecule has 6 rings (SSSR count). The number of allylic oxidation sites excluding steroid dienone is 2. The molecule has 0 aliphatic heterocycles. The third-order valence-electron chi connectivity index (χ3n) is 11.8. The summed E-state index contributed by atoms with van der Waals surface area (Å²) in [5.74, 6) is -1.43. The topological polar surface area (TPSA) is 112 Å². The van der Waals surface area contributed by atoms with E-state index < -0.39 is 39.5 Å². The van der Waals surface area contributed by atoms with Gasteiger partial charge < -0.3 is 15.3 Å². The van der Waals surface area contributed by atoms with Gasteiger partial charge >= 0.3 is 0 Å². The van der Waals surface area contributed by atoms with Crippen molar-refractivity contribution in [2.24, 2.45) is 22.7 Å². The number of aromatic hydroxyl groups is 1. The maximum absolute atomic E-state index is 14.6. The number of carbonyl (C=O) groups excluding carboxylic acids is 3. The van der Waals surface area contributed by atoms with Crippen molar-refractivity contribution in [3.05, 3.63) is 86.7 Å². The number of fused-ring (bicyclic) bond motifs is 3. The molecule has 3 N–H and O–H groups in total. The molecule has 0 spiro atoms. The van der Waals surface area contributed by atoms with Gasteiger partial charge in [-0.15, -0.1) is 0 Å². The van der Waals surface area contributed by atoms with Crippen molar-refractivity contribution in [3.8, 4) is 5.75 Å². The van der Waals surface area contributed by atoms with E-state index in [9.17, 15) is 29.7 Å². The Morgan fingerprint density at radius 2 is 1.57 bits per heavy atom. The van der Waals surface area contributed by atoms with E-state index in [2.05, 4.69) is 44.2 Å². The normalized spacial score (nSPS) is 31.1. The summed E-state index contributed by atoms with van der Waals surface area (Å²) in [6.07, 6.45) is 7.02. The second-order valence-corrected chi connectivity index (χ2v) is 15.7. The summed E-state index contributed by atoms with van der Waals surface area (Å²) < 4.78 is 0. The highest BCUT2D eigenvalue weighted by molar-refractivity contribution is 6.25. The maximum Gasteiger partial charge on any atom is 0.206 e. The molecule has 4 aliphatic carbocycles. The predicted molar refractivity (Wildman–Crippen MR) is 178 cm³/mol. The summed E-state index contributed by atoms with van der Waals surface area (Å²) in [5.41, 5.74) is 0.190. The highest BCUT2D eigenvalue weighted by atomic mass is 16.3. The number of rotatable bonds is 6. The van der Waals surface area contributed by atoms with Crippen LogP contribution in [0.25, 0.3) is 0 Å². The zero-order chi connectivity index (χ0) is 33.3. The number of ketones is 3. The number of aliphatic hydroxyl groups is 2. The van der Waals surface area contributed by atoms with E-state index in [1.165, 1.54) is 12.5 Å². The van der Waals surface area contributed by atoms with Crippen molar-refractivity contribution in [2.45, 2.75) is 111 Å². The van der Waals surface area contributed by atoms with E-state index in [0.29, 0.717) is 30.3 Å². The molecular weight excluding hydrogens is 576 g/mol. The van der Waals surface area contributed by atoms with Gasteiger partial charge in [-0.25, -0.2) is 0 Å². The number of aliphatic hydroxyl groups excluding tert-OH is 1. The zero-order valence-corrected chi connectivity index (χ0v) is 28.1. The number of hydrogen-bond acceptors (Lipinski definition) is 6. The maximum atomic E-state index is 14.6. The molecule has 46 heavy (non-hydrogen) atoms. The fourth-order valence-corrected chi connectivity index (χ4v) is 9.75. The van der Waals surface area contributed by atoms with Crippen molar-refractivity contribution in [1.82, 2.24) is 0 Å². The minimum Gasteiger partial charge on any atom is -0.508 e. The van der Waals surface area contributed by atoms with Gasteiger partial charge in [0.1, 0.15) is 11.5 Å². The molecule has 2 aromatic rings. The van der Waals surface area contributed by atoms with Crippen LogP contribution in [0.15, 0.2) is 58.9 Å². The summed E-state index contributed by atoms with van der Waals surface area (Å²) in [7, 11) is 0. The van der Waals surface area contributed by atoms with Crippen LogP contribution < -0.4 is 0 Å². The Labute approximate surface area is 272 Å². The molecule has 0 bridgehead atoms. The molecule has 0 heterocycles. The zero-order valence-electron chi connectivity index (χ0n) is 28.1. The molecule has 0 amide bonds. The first kappa shape index (κ1) is 32.4. The molecule has 3 atom stereocenters. The fourth-order valence-electron chi connectivity index (χ4n) is 9.75. The minimum absolute atomic E-state index is 0.0145. The van der Waals surface area contributed by atoms with E-state index in [0.717, 1.165) is 48.8 Å². The monoisotopic (exact) mass is 624 g/mol. The first-order chi connectivity index (χ1) is 21.6. The average molecular weight is 625 g/mol. The SMILES string of the molecule is CC(=O)C1=C(C)C[C@@]2(C)C[C@@]3(C)Cc4c(C(C)C)cc(CC5CCC(Cc6ccccc6)CC5)c(O)c4C(=O)C3=C(O)[C@@]2(O)C1=O. The predicted octanol–water partition coefficient (Wildman–Crippen LogP) is 7.68. The van der Waals surface area contributed by atoms with Gasteiger partial charge in [-0.2, -0.15) is 0 Å². The Morgan fingerprint density at radius 1 is 0.957 bits per heavy atom. The van der Waals surface area contributed by atoms with Crippen LogP contribution in [0.5, 0.6) is 5.75 Å². The average Bonchev–Trinajstić information content (AvgIpc) is 2.97. The molecule has 0 aromatic heterocycles. The lowest BCUT2D eigenvalue weighted by Crippen LogP contribution is -2.63. The van der Waals surface area contributed by atoms with Crippen molar-refractivity contribution < 1.29 is 29.7 Å². The Hall–Kier alpha value is -3.51. The van der Waals surface area contributed by atoms with Crippen molar-refractivity contribution >= 4 is 17.3 Å². The number of carbonyl (C=O) groups is 3. The van der Waals surface area contributed by atoms with Gasteiger partial charge in [0, 0.05) is 16.4 Å². The molecule has 6 heteroatoms. The highest BCUT2D eigenvalue weighted by Crippen LogP contribution is 2.62. The van der Waals surface area contributed by atoms with Gasteiger partial charge in [0.15, 0.2) is 17.2 Å². The van der Waals surface area contributed by atoms with Gasteiger partial charge in [0.25, 0.3) is 0 Å². The van der Waals surface area contributed by atoms with E-state index in [-0.39, 0.29) is 41.2 Å². The smallest absolute Gasteiger partial charge is 0.206 e. The summed E-state index contributed by atoms with van der Waals surface area (Å²) in [4.78, 5) is 40.8. The van der Waals surface area contributed by atoms with Crippen molar-refractivity contribution in [2.75, 3.05) is 0 Å². The molecular formula is C40H48O6. The minimum atomic E-state index is -2.40. The third kappa shape index (κ3) is 4.90. The second-order valence-electron chi connectivity index (χ2n) is 15.7. The summed E-state index contributed by atoms with van der Waals surface area (Å²) in [6, 6.07) is 12.7. The van der Waals surface area contributed by atoms with Crippen LogP contribution in [-0.4, -0.2) is 38.3 Å². The number of benzene rings is 2. The number of phenols is 1. The van der Waals surface area contributed by atoms with E-state index >= 15 is 0 Å². The Kier molecular flexibility index (Phi) is 7.99. The molecule has 6 nitrogen and oxygen atoms in total. The first-order valence-electron chi connectivity index (χ1n) is 17.0. The summed E-state index contributed by atoms with van der Waals surface area (Å²) in [6.45, 7) is 10.9.